The van der Waals surface area contributed by atoms with Crippen molar-refractivity contribution in [1.82, 2.24) is 5.32 Å². The zero-order valence-corrected chi connectivity index (χ0v) is 14.1. The second kappa shape index (κ2) is 6.80. The molecule has 0 aromatic heterocycles. The monoisotopic (exact) mass is 291 g/mol. The lowest BCUT2D eigenvalue weighted by molar-refractivity contribution is 0.0478. The molecule has 1 aliphatic heterocycles. The topological polar surface area (TPSA) is 30.5 Å². The third-order valence-electron chi connectivity index (χ3n) is 5.03. The van der Waals surface area contributed by atoms with Crippen molar-refractivity contribution in [3.63, 3.8) is 0 Å². The summed E-state index contributed by atoms with van der Waals surface area (Å²) in [4.78, 5) is 0. The Bertz CT molecular complexity index is 474. The molecule has 3 nitrogen and oxygen atoms in total. The van der Waals surface area contributed by atoms with Crippen molar-refractivity contribution in [2.45, 2.75) is 52.4 Å². The maximum absolute atomic E-state index is 6.02. The van der Waals surface area contributed by atoms with Crippen LogP contribution in [0.1, 0.15) is 31.9 Å². The van der Waals surface area contributed by atoms with Crippen LogP contribution < -0.4 is 10.1 Å². The van der Waals surface area contributed by atoms with Gasteiger partial charge in [0.25, 0.3) is 0 Å². The van der Waals surface area contributed by atoms with Gasteiger partial charge < -0.3 is 14.8 Å². The Morgan fingerprint density at radius 1 is 1.24 bits per heavy atom. The van der Waals surface area contributed by atoms with Gasteiger partial charge in [0, 0.05) is 12.0 Å². The Morgan fingerprint density at radius 3 is 2.48 bits per heavy atom. The lowest BCUT2D eigenvalue weighted by atomic mass is 9.81. The maximum atomic E-state index is 6.02. The first kappa shape index (κ1) is 16.3. The second-order valence-electron chi connectivity index (χ2n) is 6.40. The van der Waals surface area contributed by atoms with E-state index in [4.69, 9.17) is 9.47 Å². The largest absolute Gasteiger partial charge is 0.496 e. The molecule has 2 rings (SSSR count). The number of hydrogen-bond donors (Lipinski definition) is 1. The van der Waals surface area contributed by atoms with Gasteiger partial charge in [0.15, 0.2) is 0 Å². The predicted octanol–water partition coefficient (Wildman–Crippen LogP) is 3.19. The molecule has 0 bridgehead atoms. The van der Waals surface area contributed by atoms with Crippen LogP contribution in [0.4, 0.5) is 0 Å². The molecule has 5 atom stereocenters. The summed E-state index contributed by atoms with van der Waals surface area (Å²) in [7, 11) is 3.80. The van der Waals surface area contributed by atoms with Gasteiger partial charge in [-0.15, -0.1) is 0 Å². The fourth-order valence-electron chi connectivity index (χ4n) is 3.72. The highest BCUT2D eigenvalue weighted by molar-refractivity contribution is 5.37. The number of hydrogen-bond acceptors (Lipinski definition) is 3. The van der Waals surface area contributed by atoms with E-state index < -0.39 is 0 Å². The highest BCUT2D eigenvalue weighted by Gasteiger charge is 2.41. The Morgan fingerprint density at radius 2 is 1.95 bits per heavy atom. The van der Waals surface area contributed by atoms with Gasteiger partial charge in [-0.25, -0.2) is 0 Å². The van der Waals surface area contributed by atoms with Crippen LogP contribution in [0, 0.1) is 18.8 Å². The lowest BCUT2D eigenvalue weighted by Gasteiger charge is -2.29. The van der Waals surface area contributed by atoms with Crippen LogP contribution >= 0.6 is 0 Å². The van der Waals surface area contributed by atoms with Gasteiger partial charge in [0.05, 0.1) is 19.3 Å². The summed E-state index contributed by atoms with van der Waals surface area (Å²) in [6.45, 7) is 8.81. The molecule has 1 aromatic rings. The minimum atomic E-state index is 0.295. The fraction of sp³-hybridized carbons (Fsp3) is 0.667. The van der Waals surface area contributed by atoms with Crippen LogP contribution in [0.15, 0.2) is 18.2 Å². The quantitative estimate of drug-likeness (QED) is 0.903. The van der Waals surface area contributed by atoms with E-state index in [1.807, 2.05) is 0 Å². The lowest BCUT2D eigenvalue weighted by Crippen LogP contribution is -2.41. The van der Waals surface area contributed by atoms with Crippen LogP contribution in [0.5, 0.6) is 5.75 Å². The summed E-state index contributed by atoms with van der Waals surface area (Å²) >= 11 is 0. The molecule has 118 valence electrons. The molecule has 1 saturated heterocycles. The molecule has 0 radical (unpaired) electrons. The van der Waals surface area contributed by atoms with Gasteiger partial charge in [-0.2, -0.15) is 0 Å². The van der Waals surface area contributed by atoms with E-state index in [2.05, 4.69) is 58.3 Å². The molecule has 1 N–H and O–H groups in total. The third-order valence-corrected chi connectivity index (χ3v) is 5.03. The SMILES string of the molecule is CNC(Cc1cc(C)ccc1OC)C1C(C)OC(C)C1C. The van der Waals surface area contributed by atoms with Crippen molar-refractivity contribution >= 4 is 0 Å². The summed E-state index contributed by atoms with van der Waals surface area (Å²) in [5, 5.41) is 3.51. The Labute approximate surface area is 129 Å². The standard InChI is InChI=1S/C18H29NO2/c1-11-7-8-17(20-6)15(9-11)10-16(19-5)18-12(2)13(3)21-14(18)4/h7-9,12-14,16,18-19H,10H2,1-6H3. The summed E-state index contributed by atoms with van der Waals surface area (Å²) in [6, 6.07) is 6.80. The Balaban J connectivity index is 2.21. The van der Waals surface area contributed by atoms with E-state index in [1.54, 1.807) is 7.11 Å². The van der Waals surface area contributed by atoms with E-state index in [0.29, 0.717) is 30.1 Å². The van der Waals surface area contributed by atoms with Crippen LogP contribution in [-0.4, -0.2) is 32.4 Å². The summed E-state index contributed by atoms with van der Waals surface area (Å²) in [5.41, 5.74) is 2.55. The summed E-state index contributed by atoms with van der Waals surface area (Å²) < 4.78 is 11.5. The second-order valence-corrected chi connectivity index (χ2v) is 6.40. The molecule has 0 saturated carbocycles. The normalized spacial score (nSPS) is 30.4. The zero-order chi connectivity index (χ0) is 15.6. The van der Waals surface area contributed by atoms with Crippen molar-refractivity contribution in [3.8, 4) is 5.75 Å². The molecular formula is C18H29NO2. The molecule has 3 heteroatoms. The minimum absolute atomic E-state index is 0.295. The molecule has 21 heavy (non-hydrogen) atoms. The van der Waals surface area contributed by atoms with Gasteiger partial charge in [-0.1, -0.05) is 24.6 Å². The predicted molar refractivity (Wildman–Crippen MR) is 86.9 cm³/mol. The summed E-state index contributed by atoms with van der Waals surface area (Å²) in [6.07, 6.45) is 1.60. The number of methoxy groups -OCH3 is 1. The van der Waals surface area contributed by atoms with E-state index in [1.165, 1.54) is 11.1 Å². The third kappa shape index (κ3) is 3.41. The van der Waals surface area contributed by atoms with Crippen LogP contribution in [-0.2, 0) is 11.2 Å². The maximum Gasteiger partial charge on any atom is 0.122 e. The first-order valence-electron chi connectivity index (χ1n) is 7.94. The van der Waals surface area contributed by atoms with E-state index >= 15 is 0 Å². The molecule has 0 amide bonds. The number of nitrogens with one attached hydrogen (secondary N) is 1. The van der Waals surface area contributed by atoms with E-state index in [0.717, 1.165) is 12.2 Å². The molecule has 1 aliphatic rings. The molecule has 0 aliphatic carbocycles. The van der Waals surface area contributed by atoms with Gasteiger partial charge in [0.2, 0.25) is 0 Å². The first-order chi connectivity index (χ1) is 9.97. The van der Waals surface area contributed by atoms with Gasteiger partial charge in [-0.05, 0) is 51.8 Å². The zero-order valence-electron chi connectivity index (χ0n) is 14.1. The van der Waals surface area contributed by atoms with Gasteiger partial charge >= 0.3 is 0 Å². The van der Waals surface area contributed by atoms with Crippen molar-refractivity contribution in [2.24, 2.45) is 11.8 Å². The van der Waals surface area contributed by atoms with Gasteiger partial charge in [0.1, 0.15) is 5.75 Å². The van der Waals surface area contributed by atoms with Crippen molar-refractivity contribution in [2.75, 3.05) is 14.2 Å². The fourth-order valence-corrected chi connectivity index (χ4v) is 3.72. The van der Waals surface area contributed by atoms with Crippen LogP contribution in [0.3, 0.4) is 0 Å². The highest BCUT2D eigenvalue weighted by atomic mass is 16.5. The molecular weight excluding hydrogens is 262 g/mol. The Hall–Kier alpha value is -1.06. The van der Waals surface area contributed by atoms with Crippen LogP contribution in [0.2, 0.25) is 0 Å². The number of rotatable bonds is 5. The average molecular weight is 291 g/mol. The smallest absolute Gasteiger partial charge is 0.122 e. The summed E-state index contributed by atoms with van der Waals surface area (Å²) in [5.74, 6) is 2.07. The number of benzene rings is 1. The minimum Gasteiger partial charge on any atom is -0.496 e. The first-order valence-corrected chi connectivity index (χ1v) is 7.94. The number of likely N-dealkylation sites (N-methyl/N-ethyl adjacent to an activating group) is 1. The molecule has 1 heterocycles. The molecule has 1 fully saturated rings. The molecule has 1 aromatic carbocycles. The van der Waals surface area contributed by atoms with Crippen molar-refractivity contribution in [3.05, 3.63) is 29.3 Å². The average Bonchev–Trinajstić information content (AvgIpc) is 2.70. The Kier molecular flexibility index (Phi) is 5.28. The van der Waals surface area contributed by atoms with Crippen molar-refractivity contribution < 1.29 is 9.47 Å². The van der Waals surface area contributed by atoms with Crippen molar-refractivity contribution in [1.29, 1.82) is 0 Å². The number of aryl methyl sites for hydroxylation is 1. The molecule has 5 unspecified atom stereocenters. The van der Waals surface area contributed by atoms with Crippen LogP contribution in [0.25, 0.3) is 0 Å². The highest BCUT2D eigenvalue weighted by Crippen LogP contribution is 2.36. The molecule has 0 spiro atoms. The van der Waals surface area contributed by atoms with Gasteiger partial charge in [-0.3, -0.25) is 0 Å². The van der Waals surface area contributed by atoms with E-state index in [-0.39, 0.29) is 0 Å². The number of ether oxygens (including phenoxy) is 2. The van der Waals surface area contributed by atoms with E-state index in [9.17, 15) is 0 Å².